The average Bonchev–Trinajstić information content (AvgIpc) is 4.12. The van der Waals surface area contributed by atoms with E-state index < -0.39 is 0 Å². The molecule has 14 aromatic rings. The molecule has 1 aliphatic carbocycles. The monoisotopic (exact) mass is 867 g/mol. The highest BCUT2D eigenvalue weighted by Crippen LogP contribution is 2.41. The van der Waals surface area contributed by atoms with Gasteiger partial charge in [-0.3, -0.25) is 9.13 Å². The van der Waals surface area contributed by atoms with Gasteiger partial charge in [0.05, 0.1) is 44.0 Å². The number of pyridine rings is 1. The molecule has 0 spiro atoms. The van der Waals surface area contributed by atoms with Gasteiger partial charge in [0.1, 0.15) is 11.6 Å². The van der Waals surface area contributed by atoms with Gasteiger partial charge >= 0.3 is 0 Å². The van der Waals surface area contributed by atoms with E-state index in [1.54, 1.807) is 0 Å². The second-order valence-electron chi connectivity index (χ2n) is 18.3. The van der Waals surface area contributed by atoms with Crippen molar-refractivity contribution in [3.63, 3.8) is 0 Å². The lowest BCUT2D eigenvalue weighted by molar-refractivity contribution is 0.957. The topological polar surface area (TPSA) is 32.6 Å². The minimum absolute atomic E-state index is 0.875. The predicted molar refractivity (Wildman–Crippen MR) is 284 cm³/mol. The Morgan fingerprint density at radius 2 is 0.750 bits per heavy atom. The first-order valence-electron chi connectivity index (χ1n) is 23.6. The van der Waals surface area contributed by atoms with Gasteiger partial charge in [0.15, 0.2) is 0 Å². The van der Waals surface area contributed by atoms with Gasteiger partial charge in [-0.05, 0) is 120 Å². The standard InChI is InChI=1S/C63H41N5/c1-3-19-44(20-4-1)65-54-27-13-9-23-46(54)50-38-60-52(36-58(50)65)48-25-11-15-29-56(48)67(60)62-34-43(42-32-31-40-17-7-8-18-41(40)33-42)35-63(64-62)68-57-30-16-12-26-49(57)53-37-59-51(39-61(53)68)47-24-10-14-28-55(47)66(59)45-21-5-2-6-22-45/h1-11,13-15,17-39H,12,16H2. The van der Waals surface area contributed by atoms with Gasteiger partial charge in [0, 0.05) is 54.3 Å². The van der Waals surface area contributed by atoms with E-state index in [1.807, 2.05) is 0 Å². The van der Waals surface area contributed by atoms with Crippen molar-refractivity contribution in [1.29, 1.82) is 0 Å². The normalized spacial score (nSPS) is 12.8. The Kier molecular flexibility index (Phi) is 7.84. The number of hydrogen-bond acceptors (Lipinski definition) is 1. The van der Waals surface area contributed by atoms with E-state index >= 15 is 0 Å². The van der Waals surface area contributed by atoms with Crippen molar-refractivity contribution in [2.45, 2.75) is 12.8 Å². The number of rotatable bonds is 5. The molecule has 0 saturated carbocycles. The molecule has 15 rings (SSSR count). The maximum Gasteiger partial charge on any atom is 0.140 e. The molecule has 0 aliphatic heterocycles. The fourth-order valence-corrected chi connectivity index (χ4v) is 11.6. The Morgan fingerprint density at radius 3 is 1.35 bits per heavy atom. The minimum atomic E-state index is 0.875. The zero-order valence-electron chi connectivity index (χ0n) is 37.0. The van der Waals surface area contributed by atoms with Gasteiger partial charge in [-0.2, -0.15) is 0 Å². The summed E-state index contributed by atoms with van der Waals surface area (Å²) in [6.07, 6.45) is 6.83. The Morgan fingerprint density at radius 1 is 0.294 bits per heavy atom. The number of benzene rings is 9. The molecule has 5 heteroatoms. The Bertz CT molecular complexity index is 4540. The van der Waals surface area contributed by atoms with Crippen LogP contribution in [0.3, 0.4) is 0 Å². The van der Waals surface area contributed by atoms with Crippen molar-refractivity contribution in [2.24, 2.45) is 0 Å². The van der Waals surface area contributed by atoms with Crippen molar-refractivity contribution in [1.82, 2.24) is 23.3 Å². The third-order valence-electron chi connectivity index (χ3n) is 14.5. The lowest BCUT2D eigenvalue weighted by Gasteiger charge is -2.15. The summed E-state index contributed by atoms with van der Waals surface area (Å²) < 4.78 is 9.69. The first-order chi connectivity index (χ1) is 33.7. The van der Waals surface area contributed by atoms with E-state index in [1.165, 1.54) is 81.1 Å². The third kappa shape index (κ3) is 5.35. The molecular formula is C63H41N5. The summed E-state index contributed by atoms with van der Waals surface area (Å²) in [6, 6.07) is 77.7. The van der Waals surface area contributed by atoms with Crippen LogP contribution in [0.5, 0.6) is 0 Å². The Hall–Kier alpha value is -8.93. The van der Waals surface area contributed by atoms with Gasteiger partial charge in [0.25, 0.3) is 0 Å². The summed E-state index contributed by atoms with van der Waals surface area (Å²) in [5.74, 6) is 1.77. The van der Waals surface area contributed by atoms with E-state index in [4.69, 9.17) is 4.98 Å². The molecule has 1 aliphatic rings. The molecule has 68 heavy (non-hydrogen) atoms. The fourth-order valence-electron chi connectivity index (χ4n) is 11.6. The highest BCUT2D eigenvalue weighted by Gasteiger charge is 2.23. The van der Waals surface area contributed by atoms with Crippen molar-refractivity contribution >= 4 is 99.2 Å². The van der Waals surface area contributed by atoms with E-state index in [2.05, 4.69) is 243 Å². The van der Waals surface area contributed by atoms with Gasteiger partial charge < -0.3 is 9.13 Å². The predicted octanol–water partition coefficient (Wildman–Crippen LogP) is 14.5. The summed E-state index contributed by atoms with van der Waals surface area (Å²) in [5, 5.41) is 13.4. The van der Waals surface area contributed by atoms with Gasteiger partial charge in [-0.15, -0.1) is 0 Å². The SMILES string of the molecule is C1=c2c(n(-c3cc(-c4ccc5ccccc5c4)cc(-n4c5ccccc5c5cc6c(cc54)c4ccccc4n6-c4ccccc4)n3)c3cc4c5ccccc5n(-c5ccccc5)c4cc23)=CCC1. The molecule has 0 bridgehead atoms. The minimum Gasteiger partial charge on any atom is -0.309 e. The highest BCUT2D eigenvalue weighted by atomic mass is 15.1. The molecular weight excluding hydrogens is 827 g/mol. The van der Waals surface area contributed by atoms with Crippen LogP contribution in [0.15, 0.2) is 212 Å². The number of nitrogens with zero attached hydrogens (tertiary/aromatic N) is 5. The van der Waals surface area contributed by atoms with Gasteiger partial charge in [-0.25, -0.2) is 4.98 Å². The summed E-state index contributed by atoms with van der Waals surface area (Å²) >= 11 is 0. The smallest absolute Gasteiger partial charge is 0.140 e. The van der Waals surface area contributed by atoms with Crippen LogP contribution in [0.2, 0.25) is 0 Å². The van der Waals surface area contributed by atoms with Crippen molar-refractivity contribution in [3.8, 4) is 34.1 Å². The average molecular weight is 868 g/mol. The number of fused-ring (bicyclic) bond motifs is 13. The molecule has 9 aromatic carbocycles. The highest BCUT2D eigenvalue weighted by molar-refractivity contribution is 6.19. The number of hydrogen-bond donors (Lipinski definition) is 0. The molecule has 5 heterocycles. The van der Waals surface area contributed by atoms with Gasteiger partial charge in [-0.1, -0.05) is 140 Å². The van der Waals surface area contributed by atoms with E-state index in [9.17, 15) is 0 Å². The van der Waals surface area contributed by atoms with E-state index in [-0.39, 0.29) is 0 Å². The second kappa shape index (κ2) is 14.3. The summed E-state index contributed by atoms with van der Waals surface area (Å²) in [7, 11) is 0. The summed E-state index contributed by atoms with van der Waals surface area (Å²) in [4.78, 5) is 5.84. The largest absolute Gasteiger partial charge is 0.309 e. The quantitative estimate of drug-likeness (QED) is 0.170. The molecule has 0 fully saturated rings. The Labute approximate surface area is 390 Å². The van der Waals surface area contributed by atoms with Crippen LogP contribution in [0.1, 0.15) is 12.8 Å². The zero-order chi connectivity index (χ0) is 44.5. The lowest BCUT2D eigenvalue weighted by Crippen LogP contribution is -2.30. The van der Waals surface area contributed by atoms with E-state index in [0.717, 1.165) is 63.5 Å². The molecule has 5 nitrogen and oxygen atoms in total. The van der Waals surface area contributed by atoms with Crippen LogP contribution in [0, 0.1) is 0 Å². The first kappa shape index (κ1) is 37.3. The summed E-state index contributed by atoms with van der Waals surface area (Å²) in [6.45, 7) is 0. The zero-order valence-corrected chi connectivity index (χ0v) is 37.0. The third-order valence-corrected chi connectivity index (χ3v) is 14.5. The Balaban J connectivity index is 1.05. The first-order valence-corrected chi connectivity index (χ1v) is 23.6. The van der Waals surface area contributed by atoms with Crippen molar-refractivity contribution in [3.05, 3.63) is 223 Å². The molecule has 318 valence electrons. The maximum atomic E-state index is 5.84. The lowest BCUT2D eigenvalue weighted by atomic mass is 10.0. The van der Waals surface area contributed by atoms with Crippen LogP contribution in [0.4, 0.5) is 0 Å². The number of para-hydroxylation sites is 5. The van der Waals surface area contributed by atoms with Gasteiger partial charge in [0.2, 0.25) is 0 Å². The molecule has 0 N–H and O–H groups in total. The summed E-state index contributed by atoms with van der Waals surface area (Å²) in [5.41, 5.74) is 12.7. The second-order valence-corrected chi connectivity index (χ2v) is 18.3. The van der Waals surface area contributed by atoms with Crippen LogP contribution in [0.25, 0.3) is 133 Å². The molecule has 0 atom stereocenters. The van der Waals surface area contributed by atoms with Crippen LogP contribution >= 0.6 is 0 Å². The molecule has 0 saturated heterocycles. The fraction of sp³-hybridized carbons (Fsp3) is 0.0317. The molecule has 0 radical (unpaired) electrons. The van der Waals surface area contributed by atoms with Crippen LogP contribution in [-0.2, 0) is 0 Å². The van der Waals surface area contributed by atoms with Crippen molar-refractivity contribution < 1.29 is 0 Å². The number of aromatic nitrogens is 5. The maximum absolute atomic E-state index is 5.84. The molecule has 5 aromatic heterocycles. The van der Waals surface area contributed by atoms with Crippen LogP contribution < -0.4 is 10.6 Å². The van der Waals surface area contributed by atoms with Crippen molar-refractivity contribution in [2.75, 3.05) is 0 Å². The van der Waals surface area contributed by atoms with Crippen LogP contribution in [-0.4, -0.2) is 23.3 Å². The van der Waals surface area contributed by atoms with E-state index in [0.29, 0.717) is 0 Å². The molecule has 0 unspecified atom stereocenters. The molecule has 0 amide bonds.